The summed E-state index contributed by atoms with van der Waals surface area (Å²) in [5.41, 5.74) is 10.7. The first-order valence-electron chi connectivity index (χ1n) is 9.65. The van der Waals surface area contributed by atoms with Crippen molar-refractivity contribution in [2.75, 3.05) is 11.9 Å². The summed E-state index contributed by atoms with van der Waals surface area (Å²) in [5, 5.41) is 3.24. The maximum absolute atomic E-state index is 6.38. The zero-order valence-electron chi connectivity index (χ0n) is 16.1. The summed E-state index contributed by atoms with van der Waals surface area (Å²) in [6.45, 7) is 0.503. The molecule has 0 aliphatic rings. The van der Waals surface area contributed by atoms with Crippen LogP contribution in [0.1, 0.15) is 23.0 Å². The van der Waals surface area contributed by atoms with E-state index >= 15 is 0 Å². The molecule has 4 rings (SSSR count). The number of pyridine rings is 1. The van der Waals surface area contributed by atoms with Crippen LogP contribution < -0.4 is 11.1 Å². The molecule has 0 amide bonds. The predicted octanol–water partition coefficient (Wildman–Crippen LogP) is 4.24. The van der Waals surface area contributed by atoms with Gasteiger partial charge in [-0.1, -0.05) is 66.7 Å². The summed E-state index contributed by atoms with van der Waals surface area (Å²) in [7, 11) is 0. The Labute approximate surface area is 170 Å². The molecule has 4 aromatic rings. The second-order valence-corrected chi connectivity index (χ2v) is 6.83. The zero-order chi connectivity index (χ0) is 19.9. The van der Waals surface area contributed by atoms with Gasteiger partial charge in [-0.3, -0.25) is 0 Å². The summed E-state index contributed by atoms with van der Waals surface area (Å²) >= 11 is 0. The molecule has 5 nitrogen and oxygen atoms in total. The Bertz CT molecular complexity index is 1040. The molecule has 29 heavy (non-hydrogen) atoms. The van der Waals surface area contributed by atoms with Gasteiger partial charge in [-0.15, -0.1) is 0 Å². The molecule has 0 saturated heterocycles. The fourth-order valence-corrected chi connectivity index (χ4v) is 3.16. The molecule has 2 heterocycles. The van der Waals surface area contributed by atoms with E-state index in [1.54, 1.807) is 6.20 Å². The van der Waals surface area contributed by atoms with Crippen LogP contribution in [0.25, 0.3) is 11.3 Å². The zero-order valence-corrected chi connectivity index (χ0v) is 16.1. The molecule has 2 aromatic carbocycles. The van der Waals surface area contributed by atoms with Crippen molar-refractivity contribution in [3.8, 4) is 11.3 Å². The van der Waals surface area contributed by atoms with Crippen LogP contribution >= 0.6 is 0 Å². The SMILES string of the molecule is NC(CNc1ccccn1)c1ncc(Cc2ccccc2)c(-c2ccccc2)n1. The average Bonchev–Trinajstić information content (AvgIpc) is 2.80. The van der Waals surface area contributed by atoms with E-state index in [9.17, 15) is 0 Å². The van der Waals surface area contributed by atoms with Crippen LogP contribution in [-0.4, -0.2) is 21.5 Å². The lowest BCUT2D eigenvalue weighted by atomic mass is 10.0. The van der Waals surface area contributed by atoms with Gasteiger partial charge < -0.3 is 11.1 Å². The Morgan fingerprint density at radius 3 is 2.28 bits per heavy atom. The van der Waals surface area contributed by atoms with Gasteiger partial charge in [-0.25, -0.2) is 15.0 Å². The van der Waals surface area contributed by atoms with Gasteiger partial charge in [0.05, 0.1) is 11.7 Å². The standard InChI is InChI=1S/C24H23N5/c25-21(17-27-22-13-7-8-14-26-22)24-28-16-20(15-18-9-3-1-4-10-18)23(29-24)19-11-5-2-6-12-19/h1-14,16,21H,15,17,25H2,(H,26,27). The number of rotatable bonds is 7. The summed E-state index contributed by atoms with van der Waals surface area (Å²) < 4.78 is 0. The van der Waals surface area contributed by atoms with Gasteiger partial charge in [0.2, 0.25) is 0 Å². The molecule has 0 aliphatic heterocycles. The van der Waals surface area contributed by atoms with Crippen LogP contribution in [0, 0.1) is 0 Å². The van der Waals surface area contributed by atoms with Gasteiger partial charge in [0.25, 0.3) is 0 Å². The van der Waals surface area contributed by atoms with Gasteiger partial charge in [0.1, 0.15) is 11.6 Å². The molecule has 0 saturated carbocycles. The van der Waals surface area contributed by atoms with E-state index in [2.05, 4.69) is 39.6 Å². The molecule has 0 radical (unpaired) electrons. The average molecular weight is 381 g/mol. The minimum absolute atomic E-state index is 0.342. The minimum Gasteiger partial charge on any atom is -0.368 e. The number of nitrogens with one attached hydrogen (secondary N) is 1. The van der Waals surface area contributed by atoms with Gasteiger partial charge in [0.15, 0.2) is 0 Å². The lowest BCUT2D eigenvalue weighted by molar-refractivity contribution is 0.698. The van der Waals surface area contributed by atoms with Crippen LogP contribution in [0.2, 0.25) is 0 Å². The van der Waals surface area contributed by atoms with Gasteiger partial charge >= 0.3 is 0 Å². The largest absolute Gasteiger partial charge is 0.368 e. The van der Waals surface area contributed by atoms with Gasteiger partial charge in [0, 0.05) is 36.5 Å². The van der Waals surface area contributed by atoms with Crippen molar-refractivity contribution in [2.24, 2.45) is 5.73 Å². The van der Waals surface area contributed by atoms with Crippen LogP contribution in [0.15, 0.2) is 91.3 Å². The van der Waals surface area contributed by atoms with Crippen molar-refractivity contribution in [3.63, 3.8) is 0 Å². The van der Waals surface area contributed by atoms with Crippen LogP contribution in [0.3, 0.4) is 0 Å². The fourth-order valence-electron chi connectivity index (χ4n) is 3.16. The van der Waals surface area contributed by atoms with Crippen LogP contribution in [0.5, 0.6) is 0 Å². The smallest absolute Gasteiger partial charge is 0.147 e. The first kappa shape index (κ1) is 18.8. The highest BCUT2D eigenvalue weighted by Gasteiger charge is 2.15. The van der Waals surface area contributed by atoms with Gasteiger partial charge in [-0.05, 0) is 17.7 Å². The number of hydrogen-bond donors (Lipinski definition) is 2. The molecule has 0 aliphatic carbocycles. The highest BCUT2D eigenvalue weighted by Crippen LogP contribution is 2.24. The minimum atomic E-state index is -0.342. The normalized spacial score (nSPS) is 11.8. The van der Waals surface area contributed by atoms with Gasteiger partial charge in [-0.2, -0.15) is 0 Å². The fraction of sp³-hybridized carbons (Fsp3) is 0.125. The van der Waals surface area contributed by atoms with Crippen molar-refractivity contribution < 1.29 is 0 Å². The van der Waals surface area contributed by atoms with E-state index in [1.165, 1.54) is 5.56 Å². The molecule has 2 aromatic heterocycles. The quantitative estimate of drug-likeness (QED) is 0.501. The molecular formula is C24H23N5. The Balaban J connectivity index is 1.60. The van der Waals surface area contributed by atoms with Crippen molar-refractivity contribution >= 4 is 5.82 Å². The molecular weight excluding hydrogens is 358 g/mol. The topological polar surface area (TPSA) is 76.7 Å². The van der Waals surface area contributed by atoms with Crippen LogP contribution in [0.4, 0.5) is 5.82 Å². The Hall–Kier alpha value is -3.57. The second kappa shape index (κ2) is 9.08. The van der Waals surface area contributed by atoms with E-state index < -0.39 is 0 Å². The first-order chi connectivity index (χ1) is 14.3. The van der Waals surface area contributed by atoms with Crippen molar-refractivity contribution in [2.45, 2.75) is 12.5 Å². The van der Waals surface area contributed by atoms with E-state index in [0.717, 1.165) is 29.1 Å². The lowest BCUT2D eigenvalue weighted by Crippen LogP contribution is -2.23. The molecule has 1 unspecified atom stereocenters. The molecule has 144 valence electrons. The summed E-state index contributed by atoms with van der Waals surface area (Å²) in [4.78, 5) is 13.7. The summed E-state index contributed by atoms with van der Waals surface area (Å²) in [5.74, 6) is 1.40. The molecule has 0 spiro atoms. The number of nitrogens with two attached hydrogens (primary N) is 1. The molecule has 5 heteroatoms. The highest BCUT2D eigenvalue weighted by atomic mass is 15.0. The monoisotopic (exact) mass is 381 g/mol. The van der Waals surface area contributed by atoms with E-state index in [1.807, 2.05) is 60.8 Å². The third-order valence-corrected chi connectivity index (χ3v) is 4.67. The Morgan fingerprint density at radius 2 is 1.55 bits per heavy atom. The molecule has 3 N–H and O–H groups in total. The van der Waals surface area contributed by atoms with E-state index in [4.69, 9.17) is 10.7 Å². The van der Waals surface area contributed by atoms with Crippen molar-refractivity contribution in [1.82, 2.24) is 15.0 Å². The van der Waals surface area contributed by atoms with Crippen molar-refractivity contribution in [1.29, 1.82) is 0 Å². The summed E-state index contributed by atoms with van der Waals surface area (Å²) in [6, 6.07) is 25.9. The number of aromatic nitrogens is 3. The number of nitrogens with zero attached hydrogens (tertiary/aromatic N) is 3. The number of benzene rings is 2. The third kappa shape index (κ3) is 4.83. The molecule has 0 bridgehead atoms. The van der Waals surface area contributed by atoms with Crippen LogP contribution in [-0.2, 0) is 6.42 Å². The highest BCUT2D eigenvalue weighted by molar-refractivity contribution is 5.63. The second-order valence-electron chi connectivity index (χ2n) is 6.83. The van der Waals surface area contributed by atoms with Crippen molar-refractivity contribution in [3.05, 3.63) is 108 Å². The maximum atomic E-state index is 6.38. The Morgan fingerprint density at radius 1 is 0.828 bits per heavy atom. The summed E-state index contributed by atoms with van der Waals surface area (Å²) in [6.07, 6.45) is 4.42. The molecule has 1 atom stereocenters. The Kier molecular flexibility index (Phi) is 5.88. The first-order valence-corrected chi connectivity index (χ1v) is 9.65. The maximum Gasteiger partial charge on any atom is 0.147 e. The molecule has 0 fully saturated rings. The third-order valence-electron chi connectivity index (χ3n) is 4.67. The number of anilines is 1. The predicted molar refractivity (Wildman–Crippen MR) is 116 cm³/mol. The van der Waals surface area contributed by atoms with E-state index in [-0.39, 0.29) is 6.04 Å². The van der Waals surface area contributed by atoms with E-state index in [0.29, 0.717) is 12.4 Å². The lowest BCUT2D eigenvalue weighted by Gasteiger charge is -2.15. The number of hydrogen-bond acceptors (Lipinski definition) is 5.